The van der Waals surface area contributed by atoms with Gasteiger partial charge in [0.1, 0.15) is 11.5 Å². The lowest BCUT2D eigenvalue weighted by Crippen LogP contribution is -2.42. The molecule has 1 aromatic heterocycles. The maximum absolute atomic E-state index is 13.8. The summed E-state index contributed by atoms with van der Waals surface area (Å²) in [5.41, 5.74) is 3.98. The van der Waals surface area contributed by atoms with Gasteiger partial charge in [-0.25, -0.2) is 0 Å². The van der Waals surface area contributed by atoms with Crippen molar-refractivity contribution in [3.63, 3.8) is 0 Å². The Hall–Kier alpha value is -4.00. The second-order valence-electron chi connectivity index (χ2n) is 10.1. The third-order valence-corrected chi connectivity index (χ3v) is 6.79. The van der Waals surface area contributed by atoms with E-state index in [0.29, 0.717) is 30.0 Å². The summed E-state index contributed by atoms with van der Waals surface area (Å²) in [5, 5.41) is 6.53. The number of fused-ring (bicyclic) bond motifs is 1. The Morgan fingerprint density at radius 1 is 1.11 bits per heavy atom. The van der Waals surface area contributed by atoms with E-state index in [-0.39, 0.29) is 23.7 Å². The molecular formula is C29H31N3O4. The summed E-state index contributed by atoms with van der Waals surface area (Å²) in [6.07, 6.45) is 2.75. The van der Waals surface area contributed by atoms with Crippen LogP contribution in [0.5, 0.6) is 5.75 Å². The van der Waals surface area contributed by atoms with Crippen LogP contribution in [0.1, 0.15) is 44.1 Å². The predicted octanol–water partition coefficient (Wildman–Crippen LogP) is 5.22. The third kappa shape index (κ3) is 4.61. The molecule has 2 N–H and O–H groups in total. The average molecular weight is 486 g/mol. The van der Waals surface area contributed by atoms with Crippen molar-refractivity contribution < 1.29 is 18.7 Å². The maximum Gasteiger partial charge on any atom is 0.239 e. The van der Waals surface area contributed by atoms with E-state index in [9.17, 15) is 9.59 Å². The van der Waals surface area contributed by atoms with Gasteiger partial charge in [0.05, 0.1) is 43.9 Å². The molecule has 0 saturated carbocycles. The number of furan rings is 1. The lowest BCUT2D eigenvalue weighted by molar-refractivity contribution is -0.121. The number of ketones is 1. The fourth-order valence-corrected chi connectivity index (χ4v) is 5.25. The molecule has 0 bridgehead atoms. The predicted molar refractivity (Wildman–Crippen MR) is 139 cm³/mol. The quantitative estimate of drug-likeness (QED) is 0.498. The van der Waals surface area contributed by atoms with E-state index in [4.69, 9.17) is 9.15 Å². The number of nitrogens with zero attached hydrogens (tertiary/aromatic N) is 1. The smallest absolute Gasteiger partial charge is 0.239 e. The zero-order valence-electron chi connectivity index (χ0n) is 20.8. The molecule has 1 aliphatic carbocycles. The molecule has 0 saturated heterocycles. The Bertz CT molecular complexity index is 1310. The van der Waals surface area contributed by atoms with Crippen LogP contribution in [0.3, 0.4) is 0 Å². The number of anilines is 2. The third-order valence-electron chi connectivity index (χ3n) is 6.79. The minimum Gasteiger partial charge on any atom is -0.496 e. The van der Waals surface area contributed by atoms with Gasteiger partial charge in [-0.1, -0.05) is 44.2 Å². The zero-order chi connectivity index (χ0) is 25.3. The zero-order valence-corrected chi connectivity index (χ0v) is 20.8. The molecule has 0 fully saturated rings. The number of nitrogens with one attached hydrogen (secondary N) is 2. The van der Waals surface area contributed by atoms with Crippen molar-refractivity contribution in [2.45, 2.75) is 39.3 Å². The summed E-state index contributed by atoms with van der Waals surface area (Å²) >= 11 is 0. The van der Waals surface area contributed by atoms with E-state index >= 15 is 0 Å². The number of carbonyl (C=O) groups is 2. The first-order valence-corrected chi connectivity index (χ1v) is 12.2. The van der Waals surface area contributed by atoms with Gasteiger partial charge in [0.15, 0.2) is 5.78 Å². The molecule has 3 aromatic rings. The first kappa shape index (κ1) is 23.7. The molecule has 1 amide bonds. The van der Waals surface area contributed by atoms with Gasteiger partial charge < -0.3 is 24.7 Å². The van der Waals surface area contributed by atoms with Gasteiger partial charge in [0.25, 0.3) is 0 Å². The number of ether oxygens (including phenoxy) is 1. The molecule has 7 nitrogen and oxygen atoms in total. The van der Waals surface area contributed by atoms with Gasteiger partial charge in [-0.3, -0.25) is 9.59 Å². The molecular weight excluding hydrogens is 454 g/mol. The number of allylic oxidation sites excluding steroid dienone is 1. The van der Waals surface area contributed by atoms with Crippen LogP contribution in [0.4, 0.5) is 11.4 Å². The Labute approximate surface area is 211 Å². The Morgan fingerprint density at radius 2 is 1.89 bits per heavy atom. The van der Waals surface area contributed by atoms with Crippen molar-refractivity contribution in [3.05, 3.63) is 89.5 Å². The largest absolute Gasteiger partial charge is 0.496 e. The minimum absolute atomic E-state index is 0.0512. The van der Waals surface area contributed by atoms with Crippen molar-refractivity contribution in [2.75, 3.05) is 23.9 Å². The Morgan fingerprint density at radius 3 is 2.67 bits per heavy atom. The van der Waals surface area contributed by atoms with Gasteiger partial charge in [-0.15, -0.1) is 0 Å². The fourth-order valence-electron chi connectivity index (χ4n) is 5.25. The monoisotopic (exact) mass is 485 g/mol. The second kappa shape index (κ2) is 9.57. The molecule has 5 rings (SSSR count). The summed E-state index contributed by atoms with van der Waals surface area (Å²) in [6.45, 7) is 4.58. The summed E-state index contributed by atoms with van der Waals surface area (Å²) in [7, 11) is 1.63. The minimum atomic E-state index is -0.495. The van der Waals surface area contributed by atoms with Gasteiger partial charge in [-0.05, 0) is 42.2 Å². The topological polar surface area (TPSA) is 83.8 Å². The van der Waals surface area contributed by atoms with E-state index < -0.39 is 6.04 Å². The van der Waals surface area contributed by atoms with Crippen LogP contribution in [0.2, 0.25) is 0 Å². The number of hydrogen-bond donors (Lipinski definition) is 2. The Kier molecular flexibility index (Phi) is 6.31. The first-order chi connectivity index (χ1) is 17.4. The van der Waals surface area contributed by atoms with Crippen molar-refractivity contribution in [1.29, 1.82) is 0 Å². The molecule has 0 radical (unpaired) electrons. The number of hydrogen-bond acceptors (Lipinski definition) is 6. The average Bonchev–Trinajstić information content (AvgIpc) is 3.33. The van der Waals surface area contributed by atoms with E-state index in [2.05, 4.69) is 24.5 Å². The number of amides is 1. The van der Waals surface area contributed by atoms with Crippen LogP contribution in [0, 0.1) is 5.41 Å². The maximum atomic E-state index is 13.8. The number of rotatable bonds is 6. The first-order valence-electron chi connectivity index (χ1n) is 12.2. The molecule has 1 aliphatic heterocycles. The van der Waals surface area contributed by atoms with Crippen molar-refractivity contribution in [2.24, 2.45) is 5.41 Å². The molecule has 2 heterocycles. The number of Topliss-reactive ketones (excluding diaryl/α,β-unsaturated/α-hetero) is 1. The van der Waals surface area contributed by atoms with Crippen LogP contribution < -0.4 is 20.3 Å². The Balaban J connectivity index is 1.63. The van der Waals surface area contributed by atoms with Crippen LogP contribution in [0.15, 0.2) is 82.6 Å². The summed E-state index contributed by atoms with van der Waals surface area (Å²) in [5.74, 6) is 1.26. The van der Waals surface area contributed by atoms with Gasteiger partial charge in [0, 0.05) is 23.3 Å². The number of benzene rings is 2. The highest BCUT2D eigenvalue weighted by Gasteiger charge is 2.42. The number of methoxy groups -OCH3 is 1. The highest BCUT2D eigenvalue weighted by atomic mass is 16.5. The highest BCUT2D eigenvalue weighted by Crippen LogP contribution is 2.49. The van der Waals surface area contributed by atoms with Gasteiger partial charge in [0.2, 0.25) is 5.91 Å². The van der Waals surface area contributed by atoms with E-state index in [1.54, 1.807) is 19.4 Å². The lowest BCUT2D eigenvalue weighted by atomic mass is 9.73. The molecule has 7 heteroatoms. The molecule has 36 heavy (non-hydrogen) atoms. The normalized spacial score (nSPS) is 18.6. The summed E-state index contributed by atoms with van der Waals surface area (Å²) < 4.78 is 11.1. The molecule has 2 aromatic carbocycles. The van der Waals surface area contributed by atoms with E-state index in [1.807, 2.05) is 59.5 Å². The molecule has 0 spiro atoms. The van der Waals surface area contributed by atoms with E-state index in [0.717, 1.165) is 29.1 Å². The van der Waals surface area contributed by atoms with Crippen LogP contribution in [0.25, 0.3) is 0 Å². The van der Waals surface area contributed by atoms with Gasteiger partial charge >= 0.3 is 0 Å². The van der Waals surface area contributed by atoms with Crippen molar-refractivity contribution in [1.82, 2.24) is 5.32 Å². The number of carbonyl (C=O) groups excluding carboxylic acids is 2. The van der Waals surface area contributed by atoms with Crippen molar-refractivity contribution >= 4 is 23.1 Å². The van der Waals surface area contributed by atoms with Crippen LogP contribution >= 0.6 is 0 Å². The summed E-state index contributed by atoms with van der Waals surface area (Å²) in [4.78, 5) is 29.0. The molecule has 2 aliphatic rings. The fraction of sp³-hybridized carbons (Fsp3) is 0.310. The highest BCUT2D eigenvalue weighted by molar-refractivity contribution is 6.02. The SMILES string of the molecule is COc1ccccc1[C@H]1C2=C(CC(C)(C)CC2=O)Nc2ccccc2N1CC(=O)NCc1ccco1. The molecule has 0 unspecified atom stereocenters. The molecule has 186 valence electrons. The van der Waals surface area contributed by atoms with Gasteiger partial charge in [-0.2, -0.15) is 0 Å². The molecule has 1 atom stereocenters. The second-order valence-corrected chi connectivity index (χ2v) is 10.1. The van der Waals surface area contributed by atoms with Crippen LogP contribution in [-0.4, -0.2) is 25.3 Å². The van der Waals surface area contributed by atoms with Crippen molar-refractivity contribution in [3.8, 4) is 5.75 Å². The summed E-state index contributed by atoms with van der Waals surface area (Å²) in [6, 6.07) is 18.7. The lowest BCUT2D eigenvalue weighted by Gasteiger charge is -2.38. The van der Waals surface area contributed by atoms with E-state index in [1.165, 1.54) is 0 Å². The number of para-hydroxylation sites is 3. The standard InChI is InChI=1S/C29H31N3O4/c1-29(2)15-22-27(24(33)16-29)28(20-10-4-7-13-25(20)35-3)32(23-12-6-5-11-21(23)31-22)18-26(34)30-17-19-9-8-14-36-19/h4-14,28,31H,15-18H2,1-3H3,(H,30,34)/t28-/m0/s1. The van der Waals surface area contributed by atoms with Crippen LogP contribution in [-0.2, 0) is 16.1 Å².